The van der Waals surface area contributed by atoms with Gasteiger partial charge in [0, 0.05) is 19.0 Å². The van der Waals surface area contributed by atoms with Crippen LogP contribution in [0.4, 0.5) is 5.82 Å². The Hall–Kier alpha value is -3.84. The summed E-state index contributed by atoms with van der Waals surface area (Å²) >= 11 is 0. The molecule has 8 atom stereocenters. The average Bonchev–Trinajstić information content (AvgIpc) is 3.62. The van der Waals surface area contributed by atoms with Gasteiger partial charge in [0.2, 0.25) is 0 Å². The number of carbonyl (C=O) groups excluding carboxylic acids is 2. The van der Waals surface area contributed by atoms with E-state index in [1.807, 2.05) is 12.2 Å². The molecule has 2 rings (SSSR count). The lowest BCUT2D eigenvalue weighted by Gasteiger charge is -2.21. The van der Waals surface area contributed by atoms with Gasteiger partial charge in [-0.2, -0.15) is 9.29 Å². The molecule has 1 aromatic heterocycles. The highest BCUT2D eigenvalue weighted by atomic mass is 31.3. The molecule has 0 bridgehead atoms. The number of rotatable bonds is 42. The minimum Gasteiger partial charge on any atom is -0.462 e. The molecule has 0 spiro atoms. The maximum atomic E-state index is 12.9. The zero-order valence-corrected chi connectivity index (χ0v) is 44.8. The van der Waals surface area contributed by atoms with Gasteiger partial charge in [-0.1, -0.05) is 145 Å². The fourth-order valence-electron chi connectivity index (χ4n) is 7.27. The van der Waals surface area contributed by atoms with Crippen LogP contribution in [0, 0.1) is 0 Å². The van der Waals surface area contributed by atoms with Gasteiger partial charge >= 0.3 is 33.3 Å². The van der Waals surface area contributed by atoms with E-state index in [4.69, 9.17) is 29.0 Å². The summed E-state index contributed by atoms with van der Waals surface area (Å²) in [5, 5.41) is 31.3. The number of hydrogen-bond acceptors (Lipinski definition) is 16. The predicted octanol–water partition coefficient (Wildman–Crippen LogP) is 9.86. The first kappa shape index (κ1) is 65.3. The van der Waals surface area contributed by atoms with E-state index in [1.165, 1.54) is 63.9 Å². The van der Waals surface area contributed by atoms with Crippen molar-refractivity contribution in [2.75, 3.05) is 25.6 Å². The molecule has 0 amide bonds. The summed E-state index contributed by atoms with van der Waals surface area (Å²) in [4.78, 5) is 62.0. The van der Waals surface area contributed by atoms with Crippen LogP contribution in [0.25, 0.3) is 0 Å². The second-order valence-corrected chi connectivity index (χ2v) is 20.9. The molecule has 0 radical (unpaired) electrons. The van der Waals surface area contributed by atoms with Gasteiger partial charge in [0.1, 0.15) is 30.7 Å². The van der Waals surface area contributed by atoms with E-state index >= 15 is 0 Å². The molecule has 21 heteroatoms. The first-order chi connectivity index (χ1) is 35.1. The van der Waals surface area contributed by atoms with E-state index in [-0.39, 0.29) is 31.5 Å². The fourth-order valence-corrected chi connectivity index (χ4v) is 9.38. The number of carbonyl (C=O) groups is 2. The summed E-state index contributed by atoms with van der Waals surface area (Å²) in [6, 6.07) is 1.24. The maximum absolute atomic E-state index is 12.9. The number of phosphoric ester groups is 2. The highest BCUT2D eigenvalue weighted by Crippen LogP contribution is 2.60. The molecule has 1 fully saturated rings. The molecule has 1 aliphatic rings. The van der Waals surface area contributed by atoms with Gasteiger partial charge in [0.05, 0.1) is 19.3 Å². The van der Waals surface area contributed by atoms with Crippen LogP contribution in [0.5, 0.6) is 0 Å². The second-order valence-electron chi connectivity index (χ2n) is 17.9. The Kier molecular flexibility index (Phi) is 35.4. The van der Waals surface area contributed by atoms with Crippen molar-refractivity contribution in [1.82, 2.24) is 9.55 Å². The molecule has 0 saturated carbocycles. The Labute approximate surface area is 432 Å². The highest BCUT2D eigenvalue weighted by Gasteiger charge is 2.46. The minimum absolute atomic E-state index is 0.0181. The van der Waals surface area contributed by atoms with Gasteiger partial charge < -0.3 is 45.1 Å². The predicted molar refractivity (Wildman–Crippen MR) is 281 cm³/mol. The van der Waals surface area contributed by atoms with E-state index in [1.54, 1.807) is 12.2 Å². The van der Waals surface area contributed by atoms with E-state index in [0.717, 1.165) is 68.6 Å². The third-order valence-corrected chi connectivity index (χ3v) is 14.0. The number of phosphoric acid groups is 2. The van der Waals surface area contributed by atoms with Crippen LogP contribution in [0.2, 0.25) is 0 Å². The van der Waals surface area contributed by atoms with E-state index in [0.29, 0.717) is 6.42 Å². The van der Waals surface area contributed by atoms with Gasteiger partial charge in [-0.3, -0.25) is 23.2 Å². The number of aliphatic hydroxyl groups excluding tert-OH is 3. The number of esters is 2. The Morgan fingerprint density at radius 2 is 1.27 bits per heavy atom. The third kappa shape index (κ3) is 32.3. The van der Waals surface area contributed by atoms with Crippen molar-refractivity contribution in [3.05, 3.63) is 95.7 Å². The van der Waals surface area contributed by atoms with Crippen molar-refractivity contribution >= 4 is 33.4 Å². The number of aromatic nitrogens is 2. The molecule has 1 aromatic rings. The summed E-state index contributed by atoms with van der Waals surface area (Å²) in [7, 11) is -10.9. The Morgan fingerprint density at radius 1 is 0.726 bits per heavy atom. The molecule has 2 heterocycles. The molecule has 0 aromatic carbocycles. The number of nitrogen functional groups attached to an aromatic ring is 1. The number of anilines is 1. The topological polar surface area (TPSA) is 286 Å². The van der Waals surface area contributed by atoms with Crippen LogP contribution in [0.1, 0.15) is 168 Å². The largest absolute Gasteiger partial charge is 0.481 e. The van der Waals surface area contributed by atoms with Crippen molar-refractivity contribution < 1.29 is 71.4 Å². The quantitative estimate of drug-likeness (QED) is 0.0117. The van der Waals surface area contributed by atoms with Crippen LogP contribution in [0.3, 0.4) is 0 Å². The summed E-state index contributed by atoms with van der Waals surface area (Å²) in [6.45, 7) is 1.91. The molecule has 1 saturated heterocycles. The van der Waals surface area contributed by atoms with Crippen molar-refractivity contribution in [3.8, 4) is 0 Å². The number of nitrogens with zero attached hydrogens (tertiary/aromatic N) is 2. The SMILES string of the molecule is CCCCC/C=C\C/C=C\C/C=C\CCCCCCC(=O)O[C@H](COC(=O)CCCC(O)/C=C/C=C/C/C=C/CCCCCCCC)COP(=O)(O)OP(=O)(O)OC[C@H]1O[C@@H](n2ccc(N)nc2=O)[C@H](O)[C@@H]1O. The lowest BCUT2D eigenvalue weighted by atomic mass is 10.1. The van der Waals surface area contributed by atoms with Crippen LogP contribution >= 0.6 is 15.6 Å². The van der Waals surface area contributed by atoms with Crippen LogP contribution in [0.15, 0.2) is 90.0 Å². The zero-order chi connectivity index (χ0) is 53.6. The number of nitrogens with two attached hydrogens (primary N) is 1. The van der Waals surface area contributed by atoms with Crippen molar-refractivity contribution in [2.24, 2.45) is 0 Å². The van der Waals surface area contributed by atoms with Gasteiger partial charge in [-0.05, 0) is 83.1 Å². The molecule has 414 valence electrons. The van der Waals surface area contributed by atoms with Crippen LogP contribution < -0.4 is 11.4 Å². The zero-order valence-electron chi connectivity index (χ0n) is 43.0. The molecule has 7 N–H and O–H groups in total. The minimum atomic E-state index is -5.47. The monoisotopic (exact) mass is 1070 g/mol. The molecular weight excluding hydrogens is 985 g/mol. The summed E-state index contributed by atoms with van der Waals surface area (Å²) in [6.07, 6.45) is 37.2. The highest BCUT2D eigenvalue weighted by molar-refractivity contribution is 7.61. The van der Waals surface area contributed by atoms with Crippen molar-refractivity contribution in [3.63, 3.8) is 0 Å². The maximum Gasteiger partial charge on any atom is 0.481 e. The molecule has 0 aliphatic carbocycles. The Morgan fingerprint density at radius 3 is 1.92 bits per heavy atom. The van der Waals surface area contributed by atoms with Gasteiger partial charge in [0.15, 0.2) is 12.3 Å². The van der Waals surface area contributed by atoms with Crippen LogP contribution in [-0.4, -0.2) is 96.9 Å². The van der Waals surface area contributed by atoms with Crippen molar-refractivity contribution in [1.29, 1.82) is 0 Å². The number of ether oxygens (including phenoxy) is 3. The smallest absolute Gasteiger partial charge is 0.462 e. The number of aliphatic hydroxyl groups is 3. The van der Waals surface area contributed by atoms with E-state index < -0.39 is 89.8 Å². The van der Waals surface area contributed by atoms with Gasteiger partial charge in [0.25, 0.3) is 0 Å². The third-order valence-electron chi connectivity index (χ3n) is 11.4. The van der Waals surface area contributed by atoms with Crippen molar-refractivity contribution in [2.45, 2.75) is 198 Å². The first-order valence-corrected chi connectivity index (χ1v) is 29.0. The molecular formula is C52H85N3O16P2. The molecule has 1 aliphatic heterocycles. The number of unbranched alkanes of at least 4 members (excludes halogenated alkanes) is 13. The lowest BCUT2D eigenvalue weighted by Crippen LogP contribution is -2.36. The van der Waals surface area contributed by atoms with Gasteiger partial charge in [-0.15, -0.1) is 0 Å². The number of allylic oxidation sites excluding steroid dienone is 11. The van der Waals surface area contributed by atoms with E-state index in [9.17, 15) is 48.6 Å². The van der Waals surface area contributed by atoms with E-state index in [2.05, 4.69) is 71.8 Å². The average molecular weight is 1070 g/mol. The normalized spacial score (nSPS) is 20.0. The Balaban J connectivity index is 1.86. The second kappa shape index (κ2) is 39.6. The standard InChI is InChI=1S/C52H85N3O16P2/c1-3-5-7-9-11-13-15-17-18-19-20-22-24-26-28-30-32-36-48(58)69-44(40-66-47(57)37-33-35-43(56)34-31-29-27-25-23-21-16-14-12-10-8-6-4-2)41-67-72(62,63)71-73(64,65)68-42-45-49(59)50(60)51(70-45)55-39-38-46(53)54-52(55)61/h11,13,17-18,20-23,27,29,31,34,38-39,43-45,49-51,56,59-60H,3-10,12,14-16,19,24-26,28,30,32-33,35-37,40-42H2,1-2H3,(H,62,63)(H,64,65)(H2,53,54,61)/b13-11-,18-17-,22-20-,23-21+,29-27+,34-31+/t43?,44-,45-,49-,50-,51-/m1/s1. The molecule has 3 unspecified atom stereocenters. The Bertz CT molecular complexity index is 2020. The summed E-state index contributed by atoms with van der Waals surface area (Å²) in [5.74, 6) is -1.53. The number of hydrogen-bond donors (Lipinski definition) is 6. The van der Waals surface area contributed by atoms with Gasteiger partial charge in [-0.25, -0.2) is 13.9 Å². The molecule has 73 heavy (non-hydrogen) atoms. The summed E-state index contributed by atoms with van der Waals surface area (Å²) < 4.78 is 56.6. The lowest BCUT2D eigenvalue weighted by molar-refractivity contribution is -0.161. The van der Waals surface area contributed by atoms with Crippen LogP contribution in [-0.2, 0) is 46.3 Å². The first-order valence-electron chi connectivity index (χ1n) is 26.1. The summed E-state index contributed by atoms with van der Waals surface area (Å²) in [5.41, 5.74) is 4.57. The molecule has 19 nitrogen and oxygen atoms in total. The fraction of sp³-hybridized carbons (Fsp3) is 0.654.